The van der Waals surface area contributed by atoms with Crippen LogP contribution in [-0.4, -0.2) is 46.6 Å². The van der Waals surface area contributed by atoms with Crippen LogP contribution in [0.15, 0.2) is 36.5 Å². The molecule has 1 aromatic heterocycles. The van der Waals surface area contributed by atoms with Gasteiger partial charge in [0.25, 0.3) is 5.91 Å². The van der Waals surface area contributed by atoms with E-state index in [1.807, 2.05) is 30.3 Å². The Kier molecular flexibility index (Phi) is 4.64. The van der Waals surface area contributed by atoms with Gasteiger partial charge >= 0.3 is 0 Å². The normalized spacial score (nSPS) is 19.3. The summed E-state index contributed by atoms with van der Waals surface area (Å²) in [5.41, 5.74) is 1.08. The van der Waals surface area contributed by atoms with Gasteiger partial charge in [0.15, 0.2) is 15.5 Å². The maximum atomic E-state index is 13.0. The van der Waals surface area contributed by atoms with E-state index in [9.17, 15) is 13.2 Å². The van der Waals surface area contributed by atoms with E-state index in [2.05, 4.69) is 5.10 Å². The lowest BCUT2D eigenvalue weighted by atomic mass is 10.1. The second-order valence-electron chi connectivity index (χ2n) is 5.97. The molecule has 3 rings (SSSR count). The smallest absolute Gasteiger partial charge is 0.276 e. The van der Waals surface area contributed by atoms with E-state index >= 15 is 0 Å². The maximum absolute atomic E-state index is 13.0. The summed E-state index contributed by atoms with van der Waals surface area (Å²) >= 11 is 6.10. The zero-order valence-corrected chi connectivity index (χ0v) is 14.8. The highest BCUT2D eigenvalue weighted by Gasteiger charge is 2.36. The number of halogens is 1. The number of rotatable bonds is 4. The van der Waals surface area contributed by atoms with Crippen LogP contribution < -0.4 is 0 Å². The lowest BCUT2D eigenvalue weighted by molar-refractivity contribution is 0.0674. The molecule has 0 bridgehead atoms. The van der Waals surface area contributed by atoms with Crippen molar-refractivity contribution < 1.29 is 13.2 Å². The van der Waals surface area contributed by atoms with Crippen molar-refractivity contribution in [3.8, 4) is 0 Å². The molecule has 0 radical (unpaired) electrons. The average Bonchev–Trinajstić information content (AvgIpc) is 3.06. The van der Waals surface area contributed by atoms with Crippen molar-refractivity contribution >= 4 is 27.3 Å². The van der Waals surface area contributed by atoms with Crippen LogP contribution in [0.25, 0.3) is 0 Å². The standard InChI is InChI=1S/C16H18ClN3O3S/c1-19-10-14(17)15(18-19)16(21)20(9-12-5-3-2-4-6-12)13-7-8-24(22,23)11-13/h2-6,10,13H,7-9,11H2,1H3/t13-/m0/s1. The summed E-state index contributed by atoms with van der Waals surface area (Å²) in [5.74, 6) is -0.256. The van der Waals surface area contributed by atoms with Crippen LogP contribution in [0.2, 0.25) is 5.02 Å². The number of sulfone groups is 1. The van der Waals surface area contributed by atoms with Gasteiger partial charge < -0.3 is 4.90 Å². The summed E-state index contributed by atoms with van der Waals surface area (Å²) in [6.07, 6.45) is 1.99. The first-order valence-corrected chi connectivity index (χ1v) is 9.80. The zero-order valence-electron chi connectivity index (χ0n) is 13.2. The molecule has 2 aromatic rings. The summed E-state index contributed by atoms with van der Waals surface area (Å²) in [6, 6.07) is 9.12. The molecule has 8 heteroatoms. The van der Waals surface area contributed by atoms with Crippen LogP contribution in [0.5, 0.6) is 0 Å². The molecule has 1 aliphatic heterocycles. The van der Waals surface area contributed by atoms with Gasteiger partial charge in [0, 0.05) is 25.8 Å². The van der Waals surface area contributed by atoms with Gasteiger partial charge in [-0.05, 0) is 12.0 Å². The molecule has 0 saturated carbocycles. The molecular weight excluding hydrogens is 350 g/mol. The molecule has 1 fully saturated rings. The van der Waals surface area contributed by atoms with Gasteiger partial charge in [-0.3, -0.25) is 9.48 Å². The van der Waals surface area contributed by atoms with Crippen LogP contribution in [0, 0.1) is 0 Å². The lowest BCUT2D eigenvalue weighted by Crippen LogP contribution is -2.41. The van der Waals surface area contributed by atoms with Crippen molar-refractivity contribution in [3.05, 3.63) is 52.8 Å². The third-order valence-corrected chi connectivity index (χ3v) is 6.12. The first-order chi connectivity index (χ1) is 11.4. The molecule has 1 amide bonds. The number of hydrogen-bond donors (Lipinski definition) is 0. The molecule has 24 heavy (non-hydrogen) atoms. The van der Waals surface area contributed by atoms with E-state index in [-0.39, 0.29) is 34.2 Å². The van der Waals surface area contributed by atoms with E-state index in [4.69, 9.17) is 11.6 Å². The van der Waals surface area contributed by atoms with Gasteiger partial charge in [0.05, 0.1) is 16.5 Å². The Hall–Kier alpha value is -1.86. The highest BCUT2D eigenvalue weighted by atomic mass is 35.5. The Balaban J connectivity index is 1.92. The van der Waals surface area contributed by atoms with E-state index in [0.717, 1.165) is 5.56 Å². The number of benzene rings is 1. The average molecular weight is 368 g/mol. The molecule has 0 aliphatic carbocycles. The van der Waals surface area contributed by atoms with Gasteiger partial charge in [-0.1, -0.05) is 41.9 Å². The van der Waals surface area contributed by atoms with Crippen LogP contribution >= 0.6 is 11.6 Å². The second-order valence-corrected chi connectivity index (χ2v) is 8.61. The van der Waals surface area contributed by atoms with Gasteiger partial charge in [-0.2, -0.15) is 5.10 Å². The Morgan fingerprint density at radius 2 is 2.08 bits per heavy atom. The van der Waals surface area contributed by atoms with Crippen LogP contribution in [-0.2, 0) is 23.4 Å². The third kappa shape index (κ3) is 3.62. The number of aryl methyl sites for hydroxylation is 1. The van der Waals surface area contributed by atoms with Crippen molar-refractivity contribution in [2.75, 3.05) is 11.5 Å². The first-order valence-electron chi connectivity index (χ1n) is 7.60. The maximum Gasteiger partial charge on any atom is 0.276 e. The summed E-state index contributed by atoms with van der Waals surface area (Å²) in [5, 5.41) is 4.39. The van der Waals surface area contributed by atoms with Gasteiger partial charge in [0.1, 0.15) is 0 Å². The fraction of sp³-hybridized carbons (Fsp3) is 0.375. The van der Waals surface area contributed by atoms with Crippen molar-refractivity contribution in [1.29, 1.82) is 0 Å². The molecule has 0 unspecified atom stereocenters. The number of hydrogen-bond acceptors (Lipinski definition) is 4. The van der Waals surface area contributed by atoms with Gasteiger partial charge in [-0.25, -0.2) is 8.42 Å². The molecule has 1 saturated heterocycles. The minimum absolute atomic E-state index is 0.0178. The molecule has 6 nitrogen and oxygen atoms in total. The van der Waals surface area contributed by atoms with E-state index in [1.54, 1.807) is 18.1 Å². The minimum atomic E-state index is -3.11. The number of carbonyl (C=O) groups is 1. The molecule has 2 heterocycles. The summed E-state index contributed by atoms with van der Waals surface area (Å²) in [6.45, 7) is 0.326. The molecule has 1 atom stereocenters. The zero-order chi connectivity index (χ0) is 17.3. The minimum Gasteiger partial charge on any atom is -0.329 e. The highest BCUT2D eigenvalue weighted by molar-refractivity contribution is 7.91. The van der Waals surface area contributed by atoms with Crippen molar-refractivity contribution in [3.63, 3.8) is 0 Å². The van der Waals surface area contributed by atoms with Gasteiger partial charge in [0.2, 0.25) is 0 Å². The quantitative estimate of drug-likeness (QED) is 0.827. The van der Waals surface area contributed by atoms with Crippen LogP contribution in [0.1, 0.15) is 22.5 Å². The monoisotopic (exact) mass is 367 g/mol. The number of carbonyl (C=O) groups excluding carboxylic acids is 1. The van der Waals surface area contributed by atoms with Crippen LogP contribution in [0.4, 0.5) is 0 Å². The van der Waals surface area contributed by atoms with Crippen molar-refractivity contribution in [2.45, 2.75) is 19.0 Å². The molecule has 0 spiro atoms. The van der Waals surface area contributed by atoms with E-state index < -0.39 is 9.84 Å². The SMILES string of the molecule is Cn1cc(Cl)c(C(=O)N(Cc2ccccc2)[C@H]2CCS(=O)(=O)C2)n1. The first kappa shape index (κ1) is 17.0. The molecule has 0 N–H and O–H groups in total. The topological polar surface area (TPSA) is 72.3 Å². The molecule has 1 aliphatic rings. The fourth-order valence-corrected chi connectivity index (χ4v) is 4.90. The number of nitrogens with zero attached hydrogens (tertiary/aromatic N) is 3. The number of aromatic nitrogens is 2. The largest absolute Gasteiger partial charge is 0.329 e. The summed E-state index contributed by atoms with van der Waals surface area (Å²) in [4.78, 5) is 14.5. The summed E-state index contributed by atoms with van der Waals surface area (Å²) in [7, 11) is -1.42. The Morgan fingerprint density at radius 1 is 1.38 bits per heavy atom. The van der Waals surface area contributed by atoms with E-state index in [0.29, 0.717) is 13.0 Å². The molecule has 1 aromatic carbocycles. The predicted molar refractivity (Wildman–Crippen MR) is 91.6 cm³/mol. The lowest BCUT2D eigenvalue weighted by Gasteiger charge is -2.28. The number of amides is 1. The molecular formula is C16H18ClN3O3S. The van der Waals surface area contributed by atoms with Crippen molar-refractivity contribution in [2.24, 2.45) is 7.05 Å². The fourth-order valence-electron chi connectivity index (χ4n) is 2.91. The Morgan fingerprint density at radius 3 is 2.62 bits per heavy atom. The van der Waals surface area contributed by atoms with Crippen LogP contribution in [0.3, 0.4) is 0 Å². The molecule has 128 valence electrons. The van der Waals surface area contributed by atoms with Crippen molar-refractivity contribution in [1.82, 2.24) is 14.7 Å². The predicted octanol–water partition coefficient (Wildman–Crippen LogP) is 1.90. The second kappa shape index (κ2) is 6.57. The Bertz CT molecular complexity index is 849. The van der Waals surface area contributed by atoms with E-state index in [1.165, 1.54) is 4.68 Å². The Labute approximate surface area is 145 Å². The van der Waals surface area contributed by atoms with Gasteiger partial charge in [-0.15, -0.1) is 0 Å². The highest BCUT2D eigenvalue weighted by Crippen LogP contribution is 2.24. The third-order valence-electron chi connectivity index (χ3n) is 4.09. The summed E-state index contributed by atoms with van der Waals surface area (Å²) < 4.78 is 25.2.